The summed E-state index contributed by atoms with van der Waals surface area (Å²) < 4.78 is 0. The van der Waals surface area contributed by atoms with Crippen LogP contribution in [0.2, 0.25) is 0 Å². The first kappa shape index (κ1) is 13.9. The normalized spacial score (nSPS) is 23.2. The lowest BCUT2D eigenvalue weighted by Crippen LogP contribution is -2.41. The van der Waals surface area contributed by atoms with E-state index < -0.39 is 0 Å². The SMILES string of the molecule is CCC(C)C(C)NCC(O)CN1CCCC1. The minimum atomic E-state index is -0.218. The van der Waals surface area contributed by atoms with E-state index in [1.807, 2.05) is 0 Å². The van der Waals surface area contributed by atoms with Crippen molar-refractivity contribution in [2.24, 2.45) is 5.92 Å². The third kappa shape index (κ3) is 4.81. The van der Waals surface area contributed by atoms with Crippen LogP contribution >= 0.6 is 0 Å². The molecule has 16 heavy (non-hydrogen) atoms. The molecule has 0 aromatic rings. The second kappa shape index (κ2) is 7.25. The third-order valence-corrected chi connectivity index (χ3v) is 3.84. The monoisotopic (exact) mass is 228 g/mol. The van der Waals surface area contributed by atoms with Gasteiger partial charge in [0.25, 0.3) is 0 Å². The molecule has 0 amide bonds. The first-order chi connectivity index (χ1) is 7.63. The number of aliphatic hydroxyl groups excluding tert-OH is 1. The zero-order valence-corrected chi connectivity index (χ0v) is 11.1. The van der Waals surface area contributed by atoms with Gasteiger partial charge in [-0.05, 0) is 38.8 Å². The lowest BCUT2D eigenvalue weighted by atomic mass is 10.0. The summed E-state index contributed by atoms with van der Waals surface area (Å²) >= 11 is 0. The van der Waals surface area contributed by atoms with Crippen LogP contribution in [0.3, 0.4) is 0 Å². The fourth-order valence-electron chi connectivity index (χ4n) is 2.20. The molecule has 0 radical (unpaired) electrons. The third-order valence-electron chi connectivity index (χ3n) is 3.84. The number of aliphatic hydroxyl groups is 1. The van der Waals surface area contributed by atoms with Gasteiger partial charge in [-0.2, -0.15) is 0 Å². The fourth-order valence-corrected chi connectivity index (χ4v) is 2.20. The molecule has 1 saturated heterocycles. The highest BCUT2D eigenvalue weighted by Crippen LogP contribution is 2.09. The standard InChI is InChI=1S/C13H28N2O/c1-4-11(2)12(3)14-9-13(16)10-15-7-5-6-8-15/h11-14,16H,4-10H2,1-3H3. The topological polar surface area (TPSA) is 35.5 Å². The molecular weight excluding hydrogens is 200 g/mol. The summed E-state index contributed by atoms with van der Waals surface area (Å²) in [6, 6.07) is 0.498. The van der Waals surface area contributed by atoms with Crippen molar-refractivity contribution in [2.45, 2.75) is 52.2 Å². The molecule has 1 heterocycles. The number of hydrogen-bond acceptors (Lipinski definition) is 3. The van der Waals surface area contributed by atoms with Crippen LogP contribution in [0.15, 0.2) is 0 Å². The van der Waals surface area contributed by atoms with E-state index in [4.69, 9.17) is 0 Å². The quantitative estimate of drug-likeness (QED) is 0.692. The predicted molar refractivity (Wildman–Crippen MR) is 68.6 cm³/mol. The minimum absolute atomic E-state index is 0.218. The van der Waals surface area contributed by atoms with Crippen LogP contribution in [0.25, 0.3) is 0 Å². The predicted octanol–water partition coefficient (Wildman–Crippen LogP) is 1.47. The molecule has 0 saturated carbocycles. The first-order valence-electron chi connectivity index (χ1n) is 6.77. The average molecular weight is 228 g/mol. The Morgan fingerprint density at radius 2 is 1.88 bits per heavy atom. The van der Waals surface area contributed by atoms with E-state index in [0.717, 1.165) is 26.2 Å². The highest BCUT2D eigenvalue weighted by molar-refractivity contribution is 4.74. The Labute approximate surface area is 100 Å². The van der Waals surface area contributed by atoms with Crippen molar-refractivity contribution in [3.8, 4) is 0 Å². The van der Waals surface area contributed by atoms with Crippen LogP contribution in [0.1, 0.15) is 40.0 Å². The largest absolute Gasteiger partial charge is 0.390 e. The zero-order chi connectivity index (χ0) is 12.0. The van der Waals surface area contributed by atoms with Crippen molar-refractivity contribution >= 4 is 0 Å². The van der Waals surface area contributed by atoms with Gasteiger partial charge < -0.3 is 15.3 Å². The van der Waals surface area contributed by atoms with Crippen molar-refractivity contribution in [2.75, 3.05) is 26.2 Å². The van der Waals surface area contributed by atoms with Crippen LogP contribution in [-0.2, 0) is 0 Å². The van der Waals surface area contributed by atoms with Crippen LogP contribution in [0.4, 0.5) is 0 Å². The first-order valence-corrected chi connectivity index (χ1v) is 6.77. The Kier molecular flexibility index (Phi) is 6.32. The Morgan fingerprint density at radius 1 is 1.25 bits per heavy atom. The van der Waals surface area contributed by atoms with E-state index in [1.165, 1.54) is 19.3 Å². The van der Waals surface area contributed by atoms with Crippen molar-refractivity contribution in [1.82, 2.24) is 10.2 Å². The molecule has 3 atom stereocenters. The summed E-state index contributed by atoms with van der Waals surface area (Å²) in [5.74, 6) is 0.680. The molecule has 3 nitrogen and oxygen atoms in total. The van der Waals surface area contributed by atoms with Gasteiger partial charge in [-0.15, -0.1) is 0 Å². The zero-order valence-electron chi connectivity index (χ0n) is 11.1. The number of nitrogens with zero attached hydrogens (tertiary/aromatic N) is 1. The van der Waals surface area contributed by atoms with Crippen LogP contribution in [0, 0.1) is 5.92 Å². The molecule has 0 bridgehead atoms. The van der Waals surface area contributed by atoms with Gasteiger partial charge in [-0.25, -0.2) is 0 Å². The van der Waals surface area contributed by atoms with Gasteiger partial charge in [0, 0.05) is 19.1 Å². The molecule has 0 aliphatic carbocycles. The van der Waals surface area contributed by atoms with Crippen molar-refractivity contribution in [1.29, 1.82) is 0 Å². The second-order valence-corrected chi connectivity index (χ2v) is 5.24. The van der Waals surface area contributed by atoms with Gasteiger partial charge in [-0.3, -0.25) is 0 Å². The van der Waals surface area contributed by atoms with Crippen LogP contribution in [-0.4, -0.2) is 48.3 Å². The second-order valence-electron chi connectivity index (χ2n) is 5.24. The molecule has 1 aliphatic heterocycles. The van der Waals surface area contributed by atoms with E-state index in [9.17, 15) is 5.11 Å². The van der Waals surface area contributed by atoms with Crippen LogP contribution in [0.5, 0.6) is 0 Å². The number of nitrogens with one attached hydrogen (secondary N) is 1. The Morgan fingerprint density at radius 3 is 2.44 bits per heavy atom. The lowest BCUT2D eigenvalue weighted by molar-refractivity contribution is 0.118. The minimum Gasteiger partial charge on any atom is -0.390 e. The van der Waals surface area contributed by atoms with Crippen molar-refractivity contribution in [3.63, 3.8) is 0 Å². The number of likely N-dealkylation sites (tertiary alicyclic amines) is 1. The summed E-state index contributed by atoms with van der Waals surface area (Å²) in [4.78, 5) is 2.36. The van der Waals surface area contributed by atoms with E-state index in [0.29, 0.717) is 12.0 Å². The molecule has 1 rings (SSSR count). The molecule has 96 valence electrons. The fraction of sp³-hybridized carbons (Fsp3) is 1.00. The summed E-state index contributed by atoms with van der Waals surface area (Å²) in [6.07, 6.45) is 3.56. The Hall–Kier alpha value is -0.120. The summed E-state index contributed by atoms with van der Waals surface area (Å²) in [5.41, 5.74) is 0. The summed E-state index contributed by atoms with van der Waals surface area (Å²) in [7, 11) is 0. The Bertz CT molecular complexity index is 181. The van der Waals surface area contributed by atoms with E-state index in [2.05, 4.69) is 31.0 Å². The number of β-amino-alcohol motifs (C(OH)–C–C–N with tert-alkyl or cyclic N) is 1. The van der Waals surface area contributed by atoms with Gasteiger partial charge in [0.05, 0.1) is 6.10 Å². The van der Waals surface area contributed by atoms with Gasteiger partial charge >= 0.3 is 0 Å². The molecule has 0 aromatic carbocycles. The summed E-state index contributed by atoms with van der Waals surface area (Å²) in [5, 5.41) is 13.3. The summed E-state index contributed by atoms with van der Waals surface area (Å²) in [6.45, 7) is 10.6. The number of rotatable bonds is 7. The van der Waals surface area contributed by atoms with Crippen LogP contribution < -0.4 is 5.32 Å². The highest BCUT2D eigenvalue weighted by Gasteiger charge is 2.17. The maximum absolute atomic E-state index is 9.91. The molecule has 0 aromatic heterocycles. The van der Waals surface area contributed by atoms with Gasteiger partial charge in [0.15, 0.2) is 0 Å². The van der Waals surface area contributed by atoms with Gasteiger partial charge in [0.2, 0.25) is 0 Å². The maximum atomic E-state index is 9.91. The maximum Gasteiger partial charge on any atom is 0.0791 e. The molecule has 1 fully saturated rings. The highest BCUT2D eigenvalue weighted by atomic mass is 16.3. The number of hydrogen-bond donors (Lipinski definition) is 2. The van der Waals surface area contributed by atoms with E-state index in [1.54, 1.807) is 0 Å². The van der Waals surface area contributed by atoms with Crippen molar-refractivity contribution in [3.05, 3.63) is 0 Å². The lowest BCUT2D eigenvalue weighted by Gasteiger charge is -2.24. The molecule has 0 spiro atoms. The smallest absolute Gasteiger partial charge is 0.0791 e. The van der Waals surface area contributed by atoms with E-state index >= 15 is 0 Å². The molecule has 1 aliphatic rings. The molecular formula is C13H28N2O. The van der Waals surface area contributed by atoms with Gasteiger partial charge in [0.1, 0.15) is 0 Å². The molecule has 3 heteroatoms. The molecule has 2 N–H and O–H groups in total. The van der Waals surface area contributed by atoms with E-state index in [-0.39, 0.29) is 6.10 Å². The van der Waals surface area contributed by atoms with Crippen molar-refractivity contribution < 1.29 is 5.11 Å². The van der Waals surface area contributed by atoms with Gasteiger partial charge in [-0.1, -0.05) is 20.3 Å². The Balaban J connectivity index is 2.11. The average Bonchev–Trinajstić information content (AvgIpc) is 2.77. The molecule has 3 unspecified atom stereocenters.